The Kier molecular flexibility index (Phi) is 3.01. The van der Waals surface area contributed by atoms with Crippen molar-refractivity contribution in [1.29, 1.82) is 0 Å². The zero-order valence-corrected chi connectivity index (χ0v) is 6.27. The van der Waals surface area contributed by atoms with Crippen molar-refractivity contribution in [3.8, 4) is 5.75 Å². The van der Waals surface area contributed by atoms with E-state index in [0.717, 1.165) is 0 Å². The summed E-state index contributed by atoms with van der Waals surface area (Å²) in [6.07, 6.45) is -1.50. The predicted molar refractivity (Wildman–Crippen MR) is 40.1 cm³/mol. The van der Waals surface area contributed by atoms with E-state index in [9.17, 15) is 4.39 Å². The Morgan fingerprint density at radius 1 is 1.25 bits per heavy atom. The molecule has 0 saturated heterocycles. The molecule has 1 aromatic carbocycles. The third-order valence-corrected chi connectivity index (χ3v) is 1.21. The highest BCUT2D eigenvalue weighted by Gasteiger charge is 1.98. The Morgan fingerprint density at radius 2 is 1.83 bits per heavy atom. The maximum absolute atomic E-state index is 12.3. The molecule has 12 heavy (non-hydrogen) atoms. The van der Waals surface area contributed by atoms with Gasteiger partial charge in [0.05, 0.1) is 0 Å². The van der Waals surface area contributed by atoms with E-state index in [4.69, 9.17) is 14.9 Å². The van der Waals surface area contributed by atoms with Crippen molar-refractivity contribution in [2.45, 2.75) is 6.29 Å². The first-order chi connectivity index (χ1) is 5.68. The highest BCUT2D eigenvalue weighted by Crippen LogP contribution is 2.10. The molecule has 66 valence electrons. The minimum Gasteiger partial charge on any atom is -0.488 e. The molecular weight excluding hydrogens is 163 g/mol. The number of aliphatic hydroxyl groups is 2. The molecule has 0 saturated carbocycles. The van der Waals surface area contributed by atoms with Gasteiger partial charge in [0.1, 0.15) is 18.2 Å². The van der Waals surface area contributed by atoms with E-state index in [0.29, 0.717) is 5.75 Å². The van der Waals surface area contributed by atoms with Gasteiger partial charge in [-0.1, -0.05) is 0 Å². The first-order valence-corrected chi connectivity index (χ1v) is 3.43. The van der Waals surface area contributed by atoms with Crippen LogP contribution in [0.1, 0.15) is 0 Å². The Labute approximate surface area is 69.0 Å². The van der Waals surface area contributed by atoms with Crippen LogP contribution in [0.4, 0.5) is 4.39 Å². The minimum absolute atomic E-state index is 0.217. The zero-order chi connectivity index (χ0) is 8.97. The van der Waals surface area contributed by atoms with Crippen LogP contribution in [0, 0.1) is 5.82 Å². The van der Waals surface area contributed by atoms with Gasteiger partial charge in [-0.15, -0.1) is 0 Å². The second-order valence-electron chi connectivity index (χ2n) is 2.25. The van der Waals surface area contributed by atoms with Crippen molar-refractivity contribution >= 4 is 0 Å². The van der Waals surface area contributed by atoms with Crippen LogP contribution in [0.25, 0.3) is 0 Å². The van der Waals surface area contributed by atoms with E-state index < -0.39 is 6.29 Å². The first kappa shape index (κ1) is 8.96. The van der Waals surface area contributed by atoms with E-state index in [1.54, 1.807) is 0 Å². The van der Waals surface area contributed by atoms with Gasteiger partial charge in [0.15, 0.2) is 6.29 Å². The summed E-state index contributed by atoms with van der Waals surface area (Å²) in [6.45, 7) is -0.217. The van der Waals surface area contributed by atoms with Crippen LogP contribution in [0.3, 0.4) is 0 Å². The van der Waals surface area contributed by atoms with Crippen LogP contribution in [0.5, 0.6) is 5.75 Å². The lowest BCUT2D eigenvalue weighted by Crippen LogP contribution is -2.15. The van der Waals surface area contributed by atoms with Crippen molar-refractivity contribution in [3.05, 3.63) is 30.1 Å². The average molecular weight is 172 g/mol. The average Bonchev–Trinajstić information content (AvgIpc) is 2.03. The molecule has 0 aliphatic rings. The molecule has 0 amide bonds. The summed E-state index contributed by atoms with van der Waals surface area (Å²) in [5, 5.41) is 16.8. The number of hydrogen-bond donors (Lipinski definition) is 2. The third kappa shape index (κ3) is 2.86. The lowest BCUT2D eigenvalue weighted by atomic mass is 10.3. The van der Waals surface area contributed by atoms with Gasteiger partial charge in [-0.2, -0.15) is 0 Å². The normalized spacial score (nSPS) is 10.3. The number of benzene rings is 1. The number of ether oxygens (including phenoxy) is 1. The molecule has 0 radical (unpaired) electrons. The van der Waals surface area contributed by atoms with Gasteiger partial charge in [0, 0.05) is 0 Å². The SMILES string of the molecule is OC(O)COc1ccc(F)cc1. The van der Waals surface area contributed by atoms with Gasteiger partial charge >= 0.3 is 0 Å². The van der Waals surface area contributed by atoms with Gasteiger partial charge in [0.2, 0.25) is 0 Å². The standard InChI is InChI=1S/C8H9FO3/c9-6-1-3-7(4-2-6)12-5-8(10)11/h1-4,8,10-11H,5H2. The summed E-state index contributed by atoms with van der Waals surface area (Å²) in [7, 11) is 0. The molecule has 1 rings (SSSR count). The van der Waals surface area contributed by atoms with Gasteiger partial charge in [-0.05, 0) is 24.3 Å². The summed E-state index contributed by atoms with van der Waals surface area (Å²) in [4.78, 5) is 0. The Balaban J connectivity index is 2.48. The van der Waals surface area contributed by atoms with Crippen molar-refractivity contribution in [2.24, 2.45) is 0 Å². The highest BCUT2D eigenvalue weighted by atomic mass is 19.1. The quantitative estimate of drug-likeness (QED) is 0.653. The fourth-order valence-corrected chi connectivity index (χ4v) is 0.702. The molecule has 0 bridgehead atoms. The smallest absolute Gasteiger partial charge is 0.186 e. The van der Waals surface area contributed by atoms with Gasteiger partial charge in [0.25, 0.3) is 0 Å². The molecule has 1 aromatic rings. The van der Waals surface area contributed by atoms with E-state index in [1.807, 2.05) is 0 Å². The number of halogens is 1. The lowest BCUT2D eigenvalue weighted by Gasteiger charge is -2.06. The second kappa shape index (κ2) is 4.04. The molecule has 3 nitrogen and oxygen atoms in total. The topological polar surface area (TPSA) is 49.7 Å². The monoisotopic (exact) mass is 172 g/mol. The minimum atomic E-state index is -1.50. The molecule has 0 spiro atoms. The maximum atomic E-state index is 12.3. The Hall–Kier alpha value is -1.13. The second-order valence-corrected chi connectivity index (χ2v) is 2.25. The van der Waals surface area contributed by atoms with E-state index in [2.05, 4.69) is 0 Å². The van der Waals surface area contributed by atoms with Crippen LogP contribution in [-0.2, 0) is 0 Å². The molecule has 0 aliphatic heterocycles. The van der Waals surface area contributed by atoms with Crippen LogP contribution < -0.4 is 4.74 Å². The fourth-order valence-electron chi connectivity index (χ4n) is 0.702. The molecule has 0 heterocycles. The molecule has 0 fully saturated rings. The molecule has 4 heteroatoms. The number of rotatable bonds is 3. The summed E-state index contributed by atoms with van der Waals surface area (Å²) in [6, 6.07) is 5.30. The van der Waals surface area contributed by atoms with E-state index in [1.165, 1.54) is 24.3 Å². The molecule has 0 aromatic heterocycles. The number of hydrogen-bond acceptors (Lipinski definition) is 3. The largest absolute Gasteiger partial charge is 0.488 e. The van der Waals surface area contributed by atoms with Crippen molar-refractivity contribution in [3.63, 3.8) is 0 Å². The summed E-state index contributed by atoms with van der Waals surface area (Å²) < 4.78 is 17.2. The highest BCUT2D eigenvalue weighted by molar-refractivity contribution is 5.21. The molecule has 2 N–H and O–H groups in total. The van der Waals surface area contributed by atoms with Crippen LogP contribution in [-0.4, -0.2) is 23.1 Å². The summed E-state index contributed by atoms with van der Waals surface area (Å²) in [5.74, 6) is 0.0522. The molecule has 0 aliphatic carbocycles. The molecule has 0 atom stereocenters. The fraction of sp³-hybridized carbons (Fsp3) is 0.250. The first-order valence-electron chi connectivity index (χ1n) is 3.43. The van der Waals surface area contributed by atoms with Gasteiger partial charge in [-0.25, -0.2) is 4.39 Å². The van der Waals surface area contributed by atoms with Crippen molar-refractivity contribution in [1.82, 2.24) is 0 Å². The summed E-state index contributed by atoms with van der Waals surface area (Å²) >= 11 is 0. The van der Waals surface area contributed by atoms with Crippen molar-refractivity contribution < 1.29 is 19.3 Å². The lowest BCUT2D eigenvalue weighted by molar-refractivity contribution is -0.0680. The molecule has 0 unspecified atom stereocenters. The van der Waals surface area contributed by atoms with E-state index >= 15 is 0 Å². The predicted octanol–water partition coefficient (Wildman–Crippen LogP) is 0.515. The van der Waals surface area contributed by atoms with Crippen LogP contribution in [0.2, 0.25) is 0 Å². The van der Waals surface area contributed by atoms with Gasteiger partial charge < -0.3 is 14.9 Å². The maximum Gasteiger partial charge on any atom is 0.186 e. The van der Waals surface area contributed by atoms with Crippen LogP contribution in [0.15, 0.2) is 24.3 Å². The zero-order valence-electron chi connectivity index (χ0n) is 6.27. The van der Waals surface area contributed by atoms with Crippen molar-refractivity contribution in [2.75, 3.05) is 6.61 Å². The van der Waals surface area contributed by atoms with E-state index in [-0.39, 0.29) is 12.4 Å². The third-order valence-electron chi connectivity index (χ3n) is 1.21. The number of aliphatic hydroxyl groups excluding tert-OH is 1. The Bertz CT molecular complexity index is 233. The Morgan fingerprint density at radius 3 is 2.33 bits per heavy atom. The van der Waals surface area contributed by atoms with Gasteiger partial charge in [-0.3, -0.25) is 0 Å². The van der Waals surface area contributed by atoms with Crippen LogP contribution >= 0.6 is 0 Å². The molecular formula is C8H9FO3. The summed E-state index contributed by atoms with van der Waals surface area (Å²) in [5.41, 5.74) is 0.